The Labute approximate surface area is 186 Å². The van der Waals surface area contributed by atoms with Gasteiger partial charge in [-0.1, -0.05) is 11.3 Å². The van der Waals surface area contributed by atoms with Gasteiger partial charge in [-0.05, 0) is 26.2 Å². The van der Waals surface area contributed by atoms with E-state index in [1.807, 2.05) is 13.0 Å². The van der Waals surface area contributed by atoms with Gasteiger partial charge in [0, 0.05) is 58.0 Å². The molecule has 2 saturated heterocycles. The summed E-state index contributed by atoms with van der Waals surface area (Å²) in [6, 6.07) is 1.96. The molecule has 0 unspecified atom stereocenters. The number of anilines is 3. The van der Waals surface area contributed by atoms with E-state index in [1.165, 1.54) is 23.8 Å². The van der Waals surface area contributed by atoms with Gasteiger partial charge in [-0.3, -0.25) is 4.79 Å². The number of hydrogen-bond acceptors (Lipinski definition) is 9. The maximum Gasteiger partial charge on any atom is 0.254 e. The number of aromatic nitrogens is 3. The minimum atomic E-state index is -3.65. The number of aryl methyl sites for hydroxylation is 1. The van der Waals surface area contributed by atoms with Crippen molar-refractivity contribution < 1.29 is 13.2 Å². The molecule has 0 aromatic carbocycles. The van der Waals surface area contributed by atoms with Crippen molar-refractivity contribution in [3.8, 4) is 0 Å². The number of sulfonamides is 1. The predicted molar refractivity (Wildman–Crippen MR) is 120 cm³/mol. The van der Waals surface area contributed by atoms with E-state index in [9.17, 15) is 13.2 Å². The van der Waals surface area contributed by atoms with Gasteiger partial charge < -0.3 is 15.1 Å². The summed E-state index contributed by atoms with van der Waals surface area (Å²) in [5, 5.41) is 2.81. The number of carbonyl (C=O) groups excluding carboxylic acids is 1. The highest BCUT2D eigenvalue weighted by Gasteiger charge is 2.31. The Hall–Kier alpha value is -2.31. The fourth-order valence-corrected chi connectivity index (χ4v) is 6.46. The van der Waals surface area contributed by atoms with Gasteiger partial charge in [0.2, 0.25) is 11.9 Å². The summed E-state index contributed by atoms with van der Waals surface area (Å²) in [6.45, 7) is 7.10. The molecule has 1 N–H and O–H groups in total. The van der Waals surface area contributed by atoms with Crippen molar-refractivity contribution in [1.82, 2.24) is 19.3 Å². The molecule has 1 amide bonds. The Morgan fingerprint density at radius 2 is 1.74 bits per heavy atom. The molecule has 2 aromatic heterocycles. The summed E-state index contributed by atoms with van der Waals surface area (Å²) < 4.78 is 27.6. The van der Waals surface area contributed by atoms with Crippen molar-refractivity contribution in [3.05, 3.63) is 18.0 Å². The first kappa shape index (κ1) is 21.9. The lowest BCUT2D eigenvalue weighted by molar-refractivity contribution is -0.114. The molecule has 4 heterocycles. The molecule has 0 radical (unpaired) electrons. The van der Waals surface area contributed by atoms with Crippen molar-refractivity contribution in [2.75, 3.05) is 54.4 Å². The lowest BCUT2D eigenvalue weighted by Gasteiger charge is -2.35. The average molecular weight is 466 g/mol. The smallest absolute Gasteiger partial charge is 0.254 e. The molecule has 2 aliphatic heterocycles. The number of nitrogens with zero attached hydrogens (tertiary/aromatic N) is 6. The topological polar surface area (TPSA) is 112 Å². The number of thiazole rings is 1. The van der Waals surface area contributed by atoms with Crippen molar-refractivity contribution >= 4 is 44.2 Å². The maximum absolute atomic E-state index is 13.0. The van der Waals surface area contributed by atoms with Crippen LogP contribution < -0.4 is 15.1 Å². The van der Waals surface area contributed by atoms with Crippen LogP contribution >= 0.6 is 11.3 Å². The summed E-state index contributed by atoms with van der Waals surface area (Å²) in [6.07, 6.45) is 4.86. The molecule has 31 heavy (non-hydrogen) atoms. The van der Waals surface area contributed by atoms with E-state index in [0.29, 0.717) is 26.2 Å². The Balaban J connectivity index is 1.44. The van der Waals surface area contributed by atoms with E-state index in [4.69, 9.17) is 4.98 Å². The average Bonchev–Trinajstić information content (AvgIpc) is 3.23. The van der Waals surface area contributed by atoms with Crippen molar-refractivity contribution in [1.29, 1.82) is 0 Å². The number of piperazine rings is 1. The summed E-state index contributed by atoms with van der Waals surface area (Å²) in [5.74, 6) is 1.33. The Morgan fingerprint density at radius 1 is 1.03 bits per heavy atom. The highest BCUT2D eigenvalue weighted by molar-refractivity contribution is 7.91. The minimum absolute atomic E-state index is 0.134. The normalized spacial score (nSPS) is 18.3. The van der Waals surface area contributed by atoms with Crippen LogP contribution in [-0.2, 0) is 14.8 Å². The van der Waals surface area contributed by atoms with Crippen molar-refractivity contribution in [3.63, 3.8) is 0 Å². The highest BCUT2D eigenvalue weighted by atomic mass is 32.2. The SMILES string of the molecule is CC(=O)Nc1ncc(S(=O)(=O)N2CCN(c3cc(C)nc(N4CCCCC4)n3)CC2)s1. The zero-order valence-corrected chi connectivity index (χ0v) is 19.4. The minimum Gasteiger partial charge on any atom is -0.354 e. The summed E-state index contributed by atoms with van der Waals surface area (Å²) in [4.78, 5) is 28.9. The fraction of sp³-hybridized carbons (Fsp3) is 0.579. The van der Waals surface area contributed by atoms with E-state index in [1.54, 1.807) is 0 Å². The summed E-state index contributed by atoms with van der Waals surface area (Å²) in [7, 11) is -3.65. The molecular formula is C19H27N7O3S2. The van der Waals surface area contributed by atoms with E-state index in [0.717, 1.165) is 54.7 Å². The quantitative estimate of drug-likeness (QED) is 0.710. The monoisotopic (exact) mass is 465 g/mol. The number of carbonyl (C=O) groups is 1. The van der Waals surface area contributed by atoms with Crippen LogP contribution in [-0.4, -0.2) is 72.9 Å². The first-order chi connectivity index (χ1) is 14.8. The van der Waals surface area contributed by atoms with Crippen molar-refractivity contribution in [2.45, 2.75) is 37.3 Å². The molecule has 168 valence electrons. The van der Waals surface area contributed by atoms with Crippen LogP contribution in [0.4, 0.5) is 16.9 Å². The van der Waals surface area contributed by atoms with Crippen molar-refractivity contribution in [2.24, 2.45) is 0 Å². The molecule has 12 heteroatoms. The van der Waals surface area contributed by atoms with Gasteiger partial charge in [0.05, 0.1) is 6.20 Å². The number of rotatable bonds is 5. The van der Waals surface area contributed by atoms with E-state index in [-0.39, 0.29) is 15.2 Å². The zero-order valence-electron chi connectivity index (χ0n) is 17.7. The second-order valence-corrected chi connectivity index (χ2v) is 11.0. The molecule has 2 fully saturated rings. The zero-order chi connectivity index (χ0) is 22.0. The molecule has 0 saturated carbocycles. The largest absolute Gasteiger partial charge is 0.354 e. The first-order valence-electron chi connectivity index (χ1n) is 10.4. The predicted octanol–water partition coefficient (Wildman–Crippen LogP) is 1.70. The Morgan fingerprint density at radius 3 is 2.42 bits per heavy atom. The molecule has 0 atom stereocenters. The number of piperidine rings is 1. The van der Waals surface area contributed by atoms with Gasteiger partial charge in [-0.25, -0.2) is 18.4 Å². The van der Waals surface area contributed by atoms with Crippen LogP contribution in [0.15, 0.2) is 16.5 Å². The molecule has 10 nitrogen and oxygen atoms in total. The standard InChI is InChI=1S/C19H27N7O3S2/c1-14-12-16(23-18(21-14)25-6-4-3-5-7-25)24-8-10-26(11-9-24)31(28,29)17-13-20-19(30-17)22-15(2)27/h12-13H,3-11H2,1-2H3,(H,20,22,27). The molecular weight excluding hydrogens is 438 g/mol. The highest BCUT2D eigenvalue weighted by Crippen LogP contribution is 2.28. The van der Waals surface area contributed by atoms with Gasteiger partial charge in [-0.2, -0.15) is 9.29 Å². The van der Waals surface area contributed by atoms with Gasteiger partial charge in [0.25, 0.3) is 10.0 Å². The fourth-order valence-electron chi connectivity index (χ4n) is 3.81. The lowest BCUT2D eigenvalue weighted by atomic mass is 10.1. The van der Waals surface area contributed by atoms with E-state index < -0.39 is 10.0 Å². The van der Waals surface area contributed by atoms with Gasteiger partial charge >= 0.3 is 0 Å². The summed E-state index contributed by atoms with van der Waals surface area (Å²) >= 11 is 0.966. The Kier molecular flexibility index (Phi) is 6.39. The van der Waals surface area contributed by atoms with Gasteiger partial charge in [0.15, 0.2) is 9.34 Å². The van der Waals surface area contributed by atoms with Crippen LogP contribution in [0.5, 0.6) is 0 Å². The third-order valence-corrected chi connectivity index (χ3v) is 8.64. The first-order valence-corrected chi connectivity index (χ1v) is 12.7. The second kappa shape index (κ2) is 9.05. The van der Waals surface area contributed by atoms with Gasteiger partial charge in [-0.15, -0.1) is 0 Å². The lowest BCUT2D eigenvalue weighted by Crippen LogP contribution is -2.49. The molecule has 0 aliphatic carbocycles. The van der Waals surface area contributed by atoms with Gasteiger partial charge in [0.1, 0.15) is 5.82 Å². The Bertz CT molecular complexity index is 1040. The van der Waals surface area contributed by atoms with Crippen LogP contribution in [0.2, 0.25) is 0 Å². The molecule has 0 bridgehead atoms. The van der Waals surface area contributed by atoms with Crippen LogP contribution in [0.3, 0.4) is 0 Å². The third-order valence-electron chi connectivity index (χ3n) is 5.39. The molecule has 2 aromatic rings. The second-order valence-electron chi connectivity index (χ2n) is 7.77. The summed E-state index contributed by atoms with van der Waals surface area (Å²) in [5.41, 5.74) is 0.913. The van der Waals surface area contributed by atoms with E-state index in [2.05, 4.69) is 25.1 Å². The number of amides is 1. The molecule has 0 spiro atoms. The number of hydrogen-bond donors (Lipinski definition) is 1. The van der Waals surface area contributed by atoms with Crippen LogP contribution in [0.1, 0.15) is 31.9 Å². The van der Waals surface area contributed by atoms with Crippen LogP contribution in [0, 0.1) is 6.92 Å². The third kappa shape index (κ3) is 4.96. The maximum atomic E-state index is 13.0. The molecule has 4 rings (SSSR count). The molecule has 2 aliphatic rings. The van der Waals surface area contributed by atoms with E-state index >= 15 is 0 Å². The van der Waals surface area contributed by atoms with Crippen LogP contribution in [0.25, 0.3) is 0 Å². The number of nitrogens with one attached hydrogen (secondary N) is 1.